The van der Waals surface area contributed by atoms with Gasteiger partial charge in [0.2, 0.25) is 0 Å². The lowest BCUT2D eigenvalue weighted by atomic mass is 10.1. The Kier molecular flexibility index (Phi) is 7.06. The Morgan fingerprint density at radius 1 is 1.00 bits per heavy atom. The van der Waals surface area contributed by atoms with Crippen LogP contribution in [0.15, 0.2) is 66.0 Å². The molecule has 0 radical (unpaired) electrons. The highest BCUT2D eigenvalue weighted by molar-refractivity contribution is 7.13. The van der Waals surface area contributed by atoms with E-state index in [4.69, 9.17) is 9.72 Å². The fourth-order valence-corrected chi connectivity index (χ4v) is 4.58. The van der Waals surface area contributed by atoms with Gasteiger partial charge in [-0.3, -0.25) is 9.80 Å². The molecule has 0 bridgehead atoms. The van der Waals surface area contributed by atoms with E-state index in [0.717, 1.165) is 56.6 Å². The molecule has 1 atom stereocenters. The Morgan fingerprint density at radius 3 is 2.41 bits per heavy atom. The van der Waals surface area contributed by atoms with E-state index in [1.54, 1.807) is 11.3 Å². The van der Waals surface area contributed by atoms with Crippen LogP contribution in [0.5, 0.6) is 0 Å². The Balaban J connectivity index is 1.48. The lowest BCUT2D eigenvalue weighted by molar-refractivity contribution is 0.0225. The van der Waals surface area contributed by atoms with Crippen molar-refractivity contribution in [2.24, 2.45) is 0 Å². The molecule has 0 amide bonds. The van der Waals surface area contributed by atoms with Crippen molar-refractivity contribution in [3.05, 3.63) is 77.3 Å². The van der Waals surface area contributed by atoms with Crippen LogP contribution in [-0.2, 0) is 17.8 Å². The van der Waals surface area contributed by atoms with Gasteiger partial charge in [-0.2, -0.15) is 0 Å². The molecule has 4 rings (SSSR count). The van der Waals surface area contributed by atoms with Crippen molar-refractivity contribution in [2.45, 2.75) is 26.1 Å². The molecule has 0 saturated carbocycles. The van der Waals surface area contributed by atoms with Crippen molar-refractivity contribution in [2.75, 3.05) is 32.8 Å². The van der Waals surface area contributed by atoms with Gasteiger partial charge in [0.1, 0.15) is 5.01 Å². The van der Waals surface area contributed by atoms with Crippen LogP contribution < -0.4 is 0 Å². The number of morpholine rings is 1. The monoisotopic (exact) mass is 407 g/mol. The van der Waals surface area contributed by atoms with E-state index in [9.17, 15) is 0 Å². The number of hydrogen-bond donors (Lipinski definition) is 0. The molecule has 5 heteroatoms. The number of hydrogen-bond acceptors (Lipinski definition) is 5. The Morgan fingerprint density at radius 2 is 1.69 bits per heavy atom. The van der Waals surface area contributed by atoms with Crippen molar-refractivity contribution >= 4 is 11.3 Å². The van der Waals surface area contributed by atoms with E-state index in [-0.39, 0.29) is 0 Å². The first-order valence-corrected chi connectivity index (χ1v) is 11.2. The number of benzene rings is 2. The largest absolute Gasteiger partial charge is 0.379 e. The molecule has 2 aromatic carbocycles. The molecular weight excluding hydrogens is 378 g/mol. The summed E-state index contributed by atoms with van der Waals surface area (Å²) in [6.07, 6.45) is 0. The van der Waals surface area contributed by atoms with Gasteiger partial charge in [-0.05, 0) is 12.5 Å². The van der Waals surface area contributed by atoms with Crippen molar-refractivity contribution in [3.8, 4) is 10.6 Å². The summed E-state index contributed by atoms with van der Waals surface area (Å²) in [6.45, 7) is 8.94. The first-order chi connectivity index (χ1) is 14.3. The molecule has 2 heterocycles. The number of thiazole rings is 1. The van der Waals surface area contributed by atoms with E-state index in [1.807, 2.05) is 6.07 Å². The molecule has 1 saturated heterocycles. The van der Waals surface area contributed by atoms with Crippen molar-refractivity contribution in [1.29, 1.82) is 0 Å². The van der Waals surface area contributed by atoms with Gasteiger partial charge in [-0.25, -0.2) is 4.98 Å². The topological polar surface area (TPSA) is 28.6 Å². The summed E-state index contributed by atoms with van der Waals surface area (Å²) in [6, 6.07) is 21.6. The molecule has 4 nitrogen and oxygen atoms in total. The smallest absolute Gasteiger partial charge is 0.123 e. The van der Waals surface area contributed by atoms with Crippen LogP contribution in [0.2, 0.25) is 0 Å². The summed E-state index contributed by atoms with van der Waals surface area (Å²) in [5, 5.41) is 3.31. The predicted molar refractivity (Wildman–Crippen MR) is 120 cm³/mol. The van der Waals surface area contributed by atoms with Crippen molar-refractivity contribution < 1.29 is 4.74 Å². The second-order valence-electron chi connectivity index (χ2n) is 7.66. The molecule has 1 fully saturated rings. The average Bonchev–Trinajstić information content (AvgIpc) is 3.24. The lowest BCUT2D eigenvalue weighted by Crippen LogP contribution is -2.45. The fourth-order valence-electron chi connectivity index (χ4n) is 3.76. The van der Waals surface area contributed by atoms with E-state index in [1.165, 1.54) is 11.1 Å². The molecular formula is C24H29N3OS. The minimum atomic E-state index is 0.440. The minimum absolute atomic E-state index is 0.440. The maximum atomic E-state index is 5.51. The number of nitrogens with zero attached hydrogens (tertiary/aromatic N) is 3. The van der Waals surface area contributed by atoms with Crippen molar-refractivity contribution in [1.82, 2.24) is 14.8 Å². The van der Waals surface area contributed by atoms with E-state index < -0.39 is 0 Å². The quantitative estimate of drug-likeness (QED) is 0.548. The summed E-state index contributed by atoms with van der Waals surface area (Å²) < 4.78 is 5.51. The molecule has 1 aliphatic rings. The summed E-state index contributed by atoms with van der Waals surface area (Å²) in [7, 11) is 0. The van der Waals surface area contributed by atoms with Gasteiger partial charge in [-0.15, -0.1) is 11.3 Å². The van der Waals surface area contributed by atoms with Crippen molar-refractivity contribution in [3.63, 3.8) is 0 Å². The SMILES string of the molecule is CC(CN1CCOCC1)N(Cc1ccccc1)Cc1csc(-c2ccccc2)n1. The predicted octanol–water partition coefficient (Wildman–Crippen LogP) is 4.53. The maximum Gasteiger partial charge on any atom is 0.123 e. The molecule has 1 aromatic heterocycles. The average molecular weight is 408 g/mol. The highest BCUT2D eigenvalue weighted by atomic mass is 32.1. The van der Waals surface area contributed by atoms with Gasteiger partial charge in [-0.1, -0.05) is 60.7 Å². The fraction of sp³-hybridized carbons (Fsp3) is 0.375. The van der Waals surface area contributed by atoms with Gasteiger partial charge < -0.3 is 4.74 Å². The van der Waals surface area contributed by atoms with Crippen LogP contribution in [0, 0.1) is 0 Å². The second kappa shape index (κ2) is 10.1. The third-order valence-electron chi connectivity index (χ3n) is 5.42. The van der Waals surface area contributed by atoms with Crippen LogP contribution in [0.25, 0.3) is 10.6 Å². The molecule has 1 aliphatic heterocycles. The third kappa shape index (κ3) is 5.73. The van der Waals surface area contributed by atoms with Crippen LogP contribution in [0.4, 0.5) is 0 Å². The Labute approximate surface area is 177 Å². The number of ether oxygens (including phenoxy) is 1. The van der Waals surface area contributed by atoms with Gasteiger partial charge >= 0.3 is 0 Å². The summed E-state index contributed by atoms with van der Waals surface area (Å²) in [4.78, 5) is 10.0. The van der Waals surface area contributed by atoms with E-state index >= 15 is 0 Å². The molecule has 3 aromatic rings. The highest BCUT2D eigenvalue weighted by Crippen LogP contribution is 2.25. The highest BCUT2D eigenvalue weighted by Gasteiger charge is 2.20. The minimum Gasteiger partial charge on any atom is -0.379 e. The number of aromatic nitrogens is 1. The maximum absolute atomic E-state index is 5.51. The molecule has 29 heavy (non-hydrogen) atoms. The zero-order valence-corrected chi connectivity index (χ0v) is 17.9. The third-order valence-corrected chi connectivity index (χ3v) is 6.36. The van der Waals surface area contributed by atoms with E-state index in [2.05, 4.69) is 76.7 Å². The van der Waals surface area contributed by atoms with Gasteiger partial charge in [0.05, 0.1) is 18.9 Å². The normalized spacial score (nSPS) is 16.2. The molecule has 0 spiro atoms. The number of rotatable bonds is 8. The Hall–Kier alpha value is -2.05. The molecule has 1 unspecified atom stereocenters. The first kappa shape index (κ1) is 20.2. The van der Waals surface area contributed by atoms with Crippen LogP contribution in [-0.4, -0.2) is 53.7 Å². The molecule has 152 valence electrons. The summed E-state index contributed by atoms with van der Waals surface area (Å²) in [5.74, 6) is 0. The lowest BCUT2D eigenvalue weighted by Gasteiger charge is -2.34. The molecule has 0 aliphatic carbocycles. The Bertz CT molecular complexity index is 862. The summed E-state index contributed by atoms with van der Waals surface area (Å²) in [5.41, 5.74) is 3.69. The van der Waals surface area contributed by atoms with Gasteiger partial charge in [0.15, 0.2) is 0 Å². The summed E-state index contributed by atoms with van der Waals surface area (Å²) >= 11 is 1.73. The van der Waals surface area contributed by atoms with Crippen LogP contribution in [0.3, 0.4) is 0 Å². The van der Waals surface area contributed by atoms with E-state index in [0.29, 0.717) is 6.04 Å². The van der Waals surface area contributed by atoms with Crippen LogP contribution >= 0.6 is 11.3 Å². The standard InChI is InChI=1S/C24H29N3OS/c1-20(16-26-12-14-28-15-13-26)27(17-21-8-4-2-5-9-21)18-23-19-29-24(25-23)22-10-6-3-7-11-22/h2-11,19-20H,12-18H2,1H3. The van der Waals surface area contributed by atoms with Gasteiger partial charge in [0, 0.05) is 49.7 Å². The zero-order valence-electron chi connectivity index (χ0n) is 17.0. The molecule has 0 N–H and O–H groups in total. The first-order valence-electron chi connectivity index (χ1n) is 10.4. The van der Waals surface area contributed by atoms with Crippen LogP contribution in [0.1, 0.15) is 18.2 Å². The second-order valence-corrected chi connectivity index (χ2v) is 8.52. The zero-order chi connectivity index (χ0) is 19.9. The van der Waals surface area contributed by atoms with Gasteiger partial charge in [0.25, 0.3) is 0 Å².